The van der Waals surface area contributed by atoms with E-state index >= 15 is 0 Å². The lowest BCUT2D eigenvalue weighted by atomic mass is 10.1. The summed E-state index contributed by atoms with van der Waals surface area (Å²) in [6.45, 7) is 0.209. The van der Waals surface area contributed by atoms with Gasteiger partial charge in [0, 0.05) is 25.9 Å². The number of aldehydes is 1. The SMILES string of the molecule is C[N+](C=O)=C(C=O)CCC(=O)N1Cc2cc(Cl)c(C(F)(F)F)cc2C1. The van der Waals surface area contributed by atoms with Crippen LogP contribution in [0.15, 0.2) is 12.1 Å². The second-order valence-electron chi connectivity index (χ2n) is 5.67. The van der Waals surface area contributed by atoms with Crippen LogP contribution in [0.25, 0.3) is 0 Å². The Bertz CT molecular complexity index is 760. The standard InChI is InChI=1S/C16H15ClF3N2O3/c1-21(9-24)12(8-23)2-3-15(25)22-6-10-4-13(16(18,19)20)14(17)5-11(10)7-22/h4-5,8-9H,2-3,6-7H2,1H3/q+1. The molecule has 0 unspecified atom stereocenters. The maximum absolute atomic E-state index is 12.9. The maximum Gasteiger partial charge on any atom is 0.417 e. The number of nitrogens with zero attached hydrogens (tertiary/aromatic N) is 2. The lowest BCUT2D eigenvalue weighted by Crippen LogP contribution is -2.27. The van der Waals surface area contributed by atoms with Gasteiger partial charge in [0.25, 0.3) is 0 Å². The molecule has 0 bridgehead atoms. The number of benzene rings is 1. The molecule has 0 fully saturated rings. The molecule has 1 aromatic carbocycles. The van der Waals surface area contributed by atoms with Gasteiger partial charge in [-0.3, -0.25) is 9.59 Å². The van der Waals surface area contributed by atoms with Crippen LogP contribution in [0.2, 0.25) is 5.02 Å². The van der Waals surface area contributed by atoms with E-state index < -0.39 is 16.8 Å². The first-order valence-electron chi connectivity index (χ1n) is 7.32. The van der Waals surface area contributed by atoms with Gasteiger partial charge < -0.3 is 4.90 Å². The van der Waals surface area contributed by atoms with Crippen LogP contribution in [0.5, 0.6) is 0 Å². The van der Waals surface area contributed by atoms with Crippen molar-refractivity contribution < 1.29 is 32.1 Å². The average Bonchev–Trinajstić information content (AvgIpc) is 2.96. The fraction of sp³-hybridized carbons (Fsp3) is 0.375. The number of hydrogen-bond acceptors (Lipinski definition) is 3. The molecule has 0 saturated carbocycles. The smallest absolute Gasteiger partial charge is 0.334 e. The molecule has 5 nitrogen and oxygen atoms in total. The Morgan fingerprint density at radius 1 is 1.24 bits per heavy atom. The van der Waals surface area contributed by atoms with Crippen LogP contribution in [0.1, 0.15) is 29.5 Å². The van der Waals surface area contributed by atoms with E-state index in [-0.39, 0.29) is 37.6 Å². The third-order valence-electron chi connectivity index (χ3n) is 4.01. The van der Waals surface area contributed by atoms with Gasteiger partial charge in [-0.05, 0) is 23.3 Å². The van der Waals surface area contributed by atoms with Crippen molar-refractivity contribution >= 4 is 35.9 Å². The largest absolute Gasteiger partial charge is 0.417 e. The first-order chi connectivity index (χ1) is 11.7. The molecule has 0 aromatic heterocycles. The molecule has 0 aliphatic carbocycles. The molecular formula is C16H15ClF3N2O3+. The van der Waals surface area contributed by atoms with Crippen molar-refractivity contribution in [2.45, 2.75) is 32.1 Å². The third kappa shape index (κ3) is 4.25. The van der Waals surface area contributed by atoms with E-state index in [2.05, 4.69) is 0 Å². The lowest BCUT2D eigenvalue weighted by Gasteiger charge is -2.14. The van der Waals surface area contributed by atoms with E-state index in [4.69, 9.17) is 11.6 Å². The Kier molecular flexibility index (Phi) is 5.62. The van der Waals surface area contributed by atoms with Crippen molar-refractivity contribution in [1.29, 1.82) is 0 Å². The van der Waals surface area contributed by atoms with Gasteiger partial charge >= 0.3 is 12.6 Å². The van der Waals surface area contributed by atoms with Crippen molar-refractivity contribution in [3.63, 3.8) is 0 Å². The monoisotopic (exact) mass is 375 g/mol. The molecule has 0 N–H and O–H groups in total. The summed E-state index contributed by atoms with van der Waals surface area (Å²) in [5.41, 5.74) is 0.194. The second kappa shape index (κ2) is 7.35. The van der Waals surface area contributed by atoms with Crippen molar-refractivity contribution in [1.82, 2.24) is 4.90 Å². The minimum Gasteiger partial charge on any atom is -0.334 e. The Morgan fingerprint density at radius 3 is 2.36 bits per heavy atom. The van der Waals surface area contributed by atoms with Gasteiger partial charge in [-0.2, -0.15) is 17.7 Å². The highest BCUT2D eigenvalue weighted by atomic mass is 35.5. The Balaban J connectivity index is 2.10. The van der Waals surface area contributed by atoms with E-state index in [9.17, 15) is 27.6 Å². The molecule has 1 heterocycles. The van der Waals surface area contributed by atoms with Gasteiger partial charge in [-0.15, -0.1) is 0 Å². The number of carbonyl (C=O) groups is 3. The van der Waals surface area contributed by atoms with Crippen LogP contribution in [-0.4, -0.2) is 40.8 Å². The number of fused-ring (bicyclic) bond motifs is 1. The van der Waals surface area contributed by atoms with Crippen molar-refractivity contribution in [2.75, 3.05) is 7.05 Å². The molecule has 0 saturated heterocycles. The van der Waals surface area contributed by atoms with Gasteiger partial charge in [-0.25, -0.2) is 4.79 Å². The van der Waals surface area contributed by atoms with E-state index in [1.807, 2.05) is 0 Å². The zero-order valence-electron chi connectivity index (χ0n) is 13.3. The highest BCUT2D eigenvalue weighted by Gasteiger charge is 2.35. The van der Waals surface area contributed by atoms with Gasteiger partial charge in [-0.1, -0.05) is 11.6 Å². The van der Waals surface area contributed by atoms with Crippen LogP contribution in [0.4, 0.5) is 13.2 Å². The molecule has 2 amide bonds. The van der Waals surface area contributed by atoms with Gasteiger partial charge in [0.2, 0.25) is 17.9 Å². The predicted octanol–water partition coefficient (Wildman–Crippen LogP) is 2.42. The van der Waals surface area contributed by atoms with Crippen LogP contribution >= 0.6 is 11.6 Å². The quantitative estimate of drug-likeness (QED) is 0.451. The molecule has 2 rings (SSSR count). The fourth-order valence-electron chi connectivity index (χ4n) is 2.59. The number of rotatable bonds is 5. The van der Waals surface area contributed by atoms with Gasteiger partial charge in [0.15, 0.2) is 0 Å². The molecule has 0 atom stereocenters. The molecule has 0 radical (unpaired) electrons. The summed E-state index contributed by atoms with van der Waals surface area (Å²) in [6, 6.07) is 2.20. The minimum atomic E-state index is -4.56. The fourth-order valence-corrected chi connectivity index (χ4v) is 2.89. The van der Waals surface area contributed by atoms with Crippen LogP contribution < -0.4 is 0 Å². The summed E-state index contributed by atoms with van der Waals surface area (Å²) in [5, 5.41) is -0.398. The molecule has 134 valence electrons. The molecule has 0 spiro atoms. The van der Waals surface area contributed by atoms with Crippen LogP contribution in [0.3, 0.4) is 0 Å². The van der Waals surface area contributed by atoms with Crippen molar-refractivity contribution in [3.05, 3.63) is 33.8 Å². The lowest BCUT2D eigenvalue weighted by molar-refractivity contribution is -0.401. The van der Waals surface area contributed by atoms with Crippen molar-refractivity contribution in [3.8, 4) is 0 Å². The van der Waals surface area contributed by atoms with Gasteiger partial charge in [0.1, 0.15) is 7.05 Å². The molecule has 1 aromatic rings. The summed E-state index contributed by atoms with van der Waals surface area (Å²) in [4.78, 5) is 35.2. The van der Waals surface area contributed by atoms with E-state index in [0.717, 1.165) is 10.6 Å². The highest BCUT2D eigenvalue weighted by Crippen LogP contribution is 2.38. The molecule has 1 aliphatic heterocycles. The van der Waals surface area contributed by atoms with Crippen molar-refractivity contribution in [2.24, 2.45) is 0 Å². The number of alkyl halides is 3. The number of amides is 2. The number of halogens is 4. The summed E-state index contributed by atoms with van der Waals surface area (Å²) in [5.74, 6) is -0.320. The topological polar surface area (TPSA) is 57.5 Å². The highest BCUT2D eigenvalue weighted by molar-refractivity contribution is 6.31. The summed E-state index contributed by atoms with van der Waals surface area (Å²) < 4.78 is 39.8. The predicted molar refractivity (Wildman–Crippen MR) is 83.3 cm³/mol. The van der Waals surface area contributed by atoms with E-state index in [1.165, 1.54) is 18.0 Å². The summed E-state index contributed by atoms with van der Waals surface area (Å²) in [6.07, 6.45) is -3.56. The Labute approximate surface area is 146 Å². The number of carbonyl (C=O) groups excluding carboxylic acids is 3. The van der Waals surface area contributed by atoms with E-state index in [1.54, 1.807) is 0 Å². The molecule has 9 heteroatoms. The van der Waals surface area contributed by atoms with Crippen LogP contribution in [-0.2, 0) is 33.6 Å². The Hall–Kier alpha value is -2.22. The molecule has 25 heavy (non-hydrogen) atoms. The third-order valence-corrected chi connectivity index (χ3v) is 4.32. The minimum absolute atomic E-state index is 0.0277. The summed E-state index contributed by atoms with van der Waals surface area (Å²) in [7, 11) is 1.40. The molecular weight excluding hydrogens is 361 g/mol. The first kappa shape index (κ1) is 19.1. The normalized spacial score (nSPS) is 14.8. The van der Waals surface area contributed by atoms with Crippen LogP contribution in [0, 0.1) is 0 Å². The second-order valence-corrected chi connectivity index (χ2v) is 6.08. The maximum atomic E-state index is 12.9. The van der Waals surface area contributed by atoms with E-state index in [0.29, 0.717) is 23.8 Å². The van der Waals surface area contributed by atoms with Gasteiger partial charge in [0.05, 0.1) is 10.6 Å². The first-order valence-corrected chi connectivity index (χ1v) is 7.70. The zero-order chi connectivity index (χ0) is 18.8. The average molecular weight is 376 g/mol. The number of hydrogen-bond donors (Lipinski definition) is 0. The Morgan fingerprint density at radius 2 is 1.84 bits per heavy atom. The zero-order valence-corrected chi connectivity index (χ0v) is 14.0. The molecule has 1 aliphatic rings. The summed E-state index contributed by atoms with van der Waals surface area (Å²) >= 11 is 5.69.